The summed E-state index contributed by atoms with van der Waals surface area (Å²) in [4.78, 5) is 0. The molecule has 0 aromatic heterocycles. The number of alkyl halides is 3. The summed E-state index contributed by atoms with van der Waals surface area (Å²) in [7, 11) is 0. The summed E-state index contributed by atoms with van der Waals surface area (Å²) >= 11 is 0. The molecule has 1 atom stereocenters. The van der Waals surface area contributed by atoms with Crippen LogP contribution in [0.3, 0.4) is 0 Å². The van der Waals surface area contributed by atoms with Crippen molar-refractivity contribution in [3.63, 3.8) is 0 Å². The van der Waals surface area contributed by atoms with E-state index in [0.717, 1.165) is 12.0 Å². The molecule has 0 amide bonds. The molecule has 17 heavy (non-hydrogen) atoms. The Labute approximate surface area is 97.0 Å². The Morgan fingerprint density at radius 2 is 1.82 bits per heavy atom. The molecule has 1 rings (SSSR count). The van der Waals surface area contributed by atoms with E-state index in [0.29, 0.717) is 12.5 Å². The molecule has 2 nitrogen and oxygen atoms in total. The first-order valence-electron chi connectivity index (χ1n) is 4.80. The molecule has 92 valence electrons. The van der Waals surface area contributed by atoms with Gasteiger partial charge in [0.25, 0.3) is 5.85 Å². The molecule has 1 unspecified atom stereocenters. The van der Waals surface area contributed by atoms with E-state index in [1.165, 1.54) is 0 Å². The minimum absolute atomic E-state index is 0.309. The Bertz CT molecular complexity index is 418. The smallest absolute Gasteiger partial charge is 0.368 e. The first kappa shape index (κ1) is 13.4. The summed E-state index contributed by atoms with van der Waals surface area (Å²) in [5, 5.41) is 8.09. The zero-order chi connectivity index (χ0) is 12.9. The molecule has 1 aromatic rings. The number of aliphatic hydroxyl groups is 1. The van der Waals surface area contributed by atoms with Crippen LogP contribution in [0.1, 0.15) is 12.5 Å². The molecule has 5 heteroatoms. The number of aliphatic hydroxyl groups excluding tert-OH is 1. The van der Waals surface area contributed by atoms with Crippen LogP contribution >= 0.6 is 0 Å². The van der Waals surface area contributed by atoms with Crippen molar-refractivity contribution in [1.82, 2.24) is 0 Å². The Morgan fingerprint density at radius 1 is 1.24 bits per heavy atom. The van der Waals surface area contributed by atoms with Gasteiger partial charge >= 0.3 is 5.92 Å². The maximum absolute atomic E-state index is 13.6. The van der Waals surface area contributed by atoms with Crippen LogP contribution in [0, 0.1) is 12.0 Å². The van der Waals surface area contributed by atoms with Crippen molar-refractivity contribution in [2.75, 3.05) is 0 Å². The van der Waals surface area contributed by atoms with Gasteiger partial charge in [0.2, 0.25) is 0 Å². The van der Waals surface area contributed by atoms with Crippen LogP contribution in [-0.4, -0.2) is 16.9 Å². The summed E-state index contributed by atoms with van der Waals surface area (Å²) < 4.78 is 44.2. The maximum atomic E-state index is 13.6. The second-order valence-electron chi connectivity index (χ2n) is 3.50. The lowest BCUT2D eigenvalue weighted by atomic mass is 10.2. The van der Waals surface area contributed by atoms with Gasteiger partial charge in [-0.2, -0.15) is 8.78 Å². The van der Waals surface area contributed by atoms with Gasteiger partial charge < -0.3 is 9.84 Å². The number of hydrogen-bond acceptors (Lipinski definition) is 2. The van der Waals surface area contributed by atoms with E-state index in [1.807, 2.05) is 0 Å². The van der Waals surface area contributed by atoms with Crippen molar-refractivity contribution in [3.8, 4) is 12.0 Å². The zero-order valence-electron chi connectivity index (χ0n) is 9.08. The zero-order valence-corrected chi connectivity index (χ0v) is 9.08. The molecule has 1 N–H and O–H groups in total. The van der Waals surface area contributed by atoms with Crippen LogP contribution in [0.2, 0.25) is 0 Å². The Hall–Kier alpha value is -1.67. The fraction of sp³-hybridized carbons (Fsp3) is 0.333. The molecular formula is C12H11F3O2. The van der Waals surface area contributed by atoms with Crippen molar-refractivity contribution in [2.24, 2.45) is 0 Å². The molecule has 0 spiro atoms. The number of rotatable bonds is 4. The van der Waals surface area contributed by atoms with E-state index in [4.69, 9.17) is 5.11 Å². The summed E-state index contributed by atoms with van der Waals surface area (Å²) in [5.74, 6) is -6.27. The summed E-state index contributed by atoms with van der Waals surface area (Å²) in [5.41, 5.74) is 0.559. The van der Waals surface area contributed by atoms with Crippen LogP contribution in [0.5, 0.6) is 0 Å². The molecular weight excluding hydrogens is 233 g/mol. The van der Waals surface area contributed by atoms with E-state index in [-0.39, 0.29) is 6.61 Å². The van der Waals surface area contributed by atoms with Crippen LogP contribution in [0.4, 0.5) is 13.2 Å². The Kier molecular flexibility index (Phi) is 4.02. The van der Waals surface area contributed by atoms with Crippen molar-refractivity contribution in [2.45, 2.75) is 25.3 Å². The van der Waals surface area contributed by atoms with Gasteiger partial charge in [0.1, 0.15) is 6.11 Å². The molecule has 0 saturated carbocycles. The largest absolute Gasteiger partial charge is 0.462 e. The predicted octanol–water partition coefficient (Wildman–Crippen LogP) is 2.86. The summed E-state index contributed by atoms with van der Waals surface area (Å²) in [6.07, 6.45) is 0.992. The van der Waals surface area contributed by atoms with Gasteiger partial charge in [-0.1, -0.05) is 30.3 Å². The fourth-order valence-electron chi connectivity index (χ4n) is 1.07. The number of halogens is 3. The van der Waals surface area contributed by atoms with Gasteiger partial charge in [0, 0.05) is 12.8 Å². The van der Waals surface area contributed by atoms with E-state index < -0.39 is 11.8 Å². The standard InChI is InChI=1S/C12H11F3O2/c1-11(13,12(14,15)7-8-16)17-9-10-5-3-2-4-6-10/h2-6,16H,9H2,1H3. The predicted molar refractivity (Wildman–Crippen MR) is 55.4 cm³/mol. The highest BCUT2D eigenvalue weighted by atomic mass is 19.3. The summed E-state index contributed by atoms with van der Waals surface area (Å²) in [6, 6.07) is 8.34. The molecule has 0 aliphatic heterocycles. The SMILES string of the molecule is CC(F)(OCc1ccccc1)C(F)(F)C#CO. The lowest BCUT2D eigenvalue weighted by Gasteiger charge is -2.25. The molecule has 0 heterocycles. The van der Waals surface area contributed by atoms with E-state index in [1.54, 1.807) is 30.3 Å². The lowest BCUT2D eigenvalue weighted by molar-refractivity contribution is -0.247. The van der Waals surface area contributed by atoms with Crippen molar-refractivity contribution in [1.29, 1.82) is 0 Å². The molecule has 0 saturated heterocycles. The number of hydrogen-bond donors (Lipinski definition) is 1. The van der Waals surface area contributed by atoms with Gasteiger partial charge in [0.15, 0.2) is 0 Å². The third kappa shape index (κ3) is 3.40. The third-order valence-electron chi connectivity index (χ3n) is 2.13. The topological polar surface area (TPSA) is 29.5 Å². The number of benzene rings is 1. The average Bonchev–Trinajstić information content (AvgIpc) is 2.28. The minimum Gasteiger partial charge on any atom is -0.462 e. The third-order valence-corrected chi connectivity index (χ3v) is 2.13. The maximum Gasteiger partial charge on any atom is 0.368 e. The lowest BCUT2D eigenvalue weighted by Crippen LogP contribution is -2.42. The van der Waals surface area contributed by atoms with Crippen LogP contribution in [-0.2, 0) is 11.3 Å². The van der Waals surface area contributed by atoms with Gasteiger partial charge in [0.05, 0.1) is 6.61 Å². The van der Waals surface area contributed by atoms with Gasteiger partial charge in [-0.05, 0) is 5.56 Å². The highest BCUT2D eigenvalue weighted by molar-refractivity contribution is 5.14. The van der Waals surface area contributed by atoms with Crippen LogP contribution < -0.4 is 0 Å². The van der Waals surface area contributed by atoms with E-state index in [2.05, 4.69) is 4.74 Å². The van der Waals surface area contributed by atoms with Gasteiger partial charge in [-0.15, -0.1) is 0 Å². The second-order valence-corrected chi connectivity index (χ2v) is 3.50. The van der Waals surface area contributed by atoms with Crippen molar-refractivity contribution < 1.29 is 23.0 Å². The van der Waals surface area contributed by atoms with Gasteiger partial charge in [-0.3, -0.25) is 0 Å². The second kappa shape index (κ2) is 5.11. The summed E-state index contributed by atoms with van der Waals surface area (Å²) in [6.45, 7) is 0.261. The molecule has 0 bridgehead atoms. The monoisotopic (exact) mass is 244 g/mol. The fourth-order valence-corrected chi connectivity index (χ4v) is 1.07. The molecule has 1 aromatic carbocycles. The molecule has 0 aliphatic carbocycles. The minimum atomic E-state index is -4.07. The normalized spacial score (nSPS) is 14.6. The van der Waals surface area contributed by atoms with Crippen molar-refractivity contribution in [3.05, 3.63) is 35.9 Å². The van der Waals surface area contributed by atoms with Crippen LogP contribution in [0.25, 0.3) is 0 Å². The number of ether oxygens (including phenoxy) is 1. The average molecular weight is 244 g/mol. The Balaban J connectivity index is 2.70. The highest BCUT2D eigenvalue weighted by Crippen LogP contribution is 2.33. The molecule has 0 fully saturated rings. The first-order chi connectivity index (χ1) is 7.89. The first-order valence-corrected chi connectivity index (χ1v) is 4.80. The van der Waals surface area contributed by atoms with E-state index >= 15 is 0 Å². The van der Waals surface area contributed by atoms with Crippen LogP contribution in [0.15, 0.2) is 30.3 Å². The Morgan fingerprint density at radius 3 is 2.35 bits per heavy atom. The van der Waals surface area contributed by atoms with E-state index in [9.17, 15) is 13.2 Å². The molecule has 0 radical (unpaired) electrons. The van der Waals surface area contributed by atoms with Gasteiger partial charge in [-0.25, -0.2) is 4.39 Å². The molecule has 0 aliphatic rings. The highest BCUT2D eigenvalue weighted by Gasteiger charge is 2.52. The van der Waals surface area contributed by atoms with Crippen molar-refractivity contribution >= 4 is 0 Å². The quantitative estimate of drug-likeness (QED) is 0.825.